The molecule has 0 bridgehead atoms. The molecule has 30 heavy (non-hydrogen) atoms. The van der Waals surface area contributed by atoms with Crippen LogP contribution in [0.2, 0.25) is 0 Å². The van der Waals surface area contributed by atoms with Crippen LogP contribution in [0.5, 0.6) is 0 Å². The fourth-order valence-corrected chi connectivity index (χ4v) is 3.10. The fourth-order valence-electron chi connectivity index (χ4n) is 3.10. The Morgan fingerprint density at radius 3 is 2.57 bits per heavy atom. The second-order valence-corrected chi connectivity index (χ2v) is 7.03. The van der Waals surface area contributed by atoms with E-state index in [-0.39, 0.29) is 30.2 Å². The number of fused-ring (bicyclic) bond motifs is 1. The van der Waals surface area contributed by atoms with E-state index in [1.165, 1.54) is 29.2 Å². The van der Waals surface area contributed by atoms with Gasteiger partial charge in [-0.3, -0.25) is 14.2 Å². The summed E-state index contributed by atoms with van der Waals surface area (Å²) < 4.78 is 15.9. The molecule has 2 aromatic heterocycles. The lowest BCUT2D eigenvalue weighted by atomic mass is 10.2. The highest BCUT2D eigenvalue weighted by Gasteiger charge is 2.12. The topological polar surface area (TPSA) is 81.8 Å². The minimum Gasteiger partial charge on any atom is -0.352 e. The maximum absolute atomic E-state index is 12.9. The van der Waals surface area contributed by atoms with Crippen LogP contribution >= 0.6 is 0 Å². The first-order valence-corrected chi connectivity index (χ1v) is 9.52. The van der Waals surface area contributed by atoms with Crippen molar-refractivity contribution in [1.29, 1.82) is 0 Å². The minimum atomic E-state index is -0.321. The molecule has 2 heterocycles. The number of amides is 1. The molecule has 2 aromatic carbocycles. The lowest BCUT2D eigenvalue weighted by Crippen LogP contribution is -2.27. The van der Waals surface area contributed by atoms with E-state index in [4.69, 9.17) is 0 Å². The summed E-state index contributed by atoms with van der Waals surface area (Å²) in [6, 6.07) is 13.7. The van der Waals surface area contributed by atoms with E-state index in [9.17, 15) is 14.0 Å². The lowest BCUT2D eigenvalue weighted by molar-refractivity contribution is -0.121. The molecule has 0 unspecified atom stereocenters. The molecule has 0 saturated carbocycles. The Hall–Kier alpha value is -3.81. The molecule has 1 amide bonds. The average Bonchev–Trinajstić information content (AvgIpc) is 3.18. The molecule has 1 N–H and O–H groups in total. The van der Waals surface area contributed by atoms with Crippen LogP contribution in [0.15, 0.2) is 65.8 Å². The molecule has 4 aromatic rings. The van der Waals surface area contributed by atoms with Crippen LogP contribution in [0.1, 0.15) is 17.5 Å². The third-order valence-electron chi connectivity index (χ3n) is 4.82. The van der Waals surface area contributed by atoms with Gasteiger partial charge in [0.05, 0.1) is 18.2 Å². The first-order chi connectivity index (χ1) is 14.5. The molecule has 4 rings (SSSR count). The summed E-state index contributed by atoms with van der Waals surface area (Å²) >= 11 is 0. The van der Waals surface area contributed by atoms with E-state index in [1.54, 1.807) is 16.8 Å². The van der Waals surface area contributed by atoms with Gasteiger partial charge in [-0.15, -0.1) is 0 Å². The van der Waals surface area contributed by atoms with Crippen molar-refractivity contribution in [3.63, 3.8) is 0 Å². The fraction of sp³-hybridized carbons (Fsp3) is 0.182. The molecule has 0 saturated heterocycles. The van der Waals surface area contributed by atoms with Gasteiger partial charge < -0.3 is 5.32 Å². The van der Waals surface area contributed by atoms with Crippen LogP contribution in [-0.2, 0) is 17.9 Å². The number of nitrogens with zero attached hydrogens (tertiary/aromatic N) is 4. The quantitative estimate of drug-likeness (QED) is 0.535. The van der Waals surface area contributed by atoms with Gasteiger partial charge in [-0.05, 0) is 36.8 Å². The standard InChI is InChI=1S/C22H20FN5O2/c1-15-2-8-18(9-3-15)28-21-19(13-26-28)22(30)27(14-25-21)11-10-20(29)24-12-16-4-6-17(23)7-5-16/h2-9,13-14H,10-12H2,1H3,(H,24,29). The van der Waals surface area contributed by atoms with Crippen LogP contribution in [0.4, 0.5) is 4.39 Å². The molecule has 152 valence electrons. The Morgan fingerprint density at radius 2 is 1.83 bits per heavy atom. The second kappa shape index (κ2) is 8.28. The Labute approximate surface area is 171 Å². The number of benzene rings is 2. The number of hydrogen-bond acceptors (Lipinski definition) is 4. The van der Waals surface area contributed by atoms with Crippen LogP contribution in [0, 0.1) is 12.7 Å². The van der Waals surface area contributed by atoms with Gasteiger partial charge in [-0.2, -0.15) is 5.10 Å². The van der Waals surface area contributed by atoms with Crippen LogP contribution in [0.3, 0.4) is 0 Å². The number of hydrogen-bond donors (Lipinski definition) is 1. The SMILES string of the molecule is Cc1ccc(-n2ncc3c(=O)n(CCC(=O)NCc4ccc(F)cc4)cnc32)cc1. The number of carbonyl (C=O) groups is 1. The van der Waals surface area contributed by atoms with Crippen molar-refractivity contribution in [3.8, 4) is 5.69 Å². The van der Waals surface area contributed by atoms with Crippen LogP contribution in [-0.4, -0.2) is 25.2 Å². The summed E-state index contributed by atoms with van der Waals surface area (Å²) in [5, 5.41) is 7.45. The van der Waals surface area contributed by atoms with Gasteiger partial charge in [-0.25, -0.2) is 14.1 Å². The van der Waals surface area contributed by atoms with E-state index < -0.39 is 0 Å². The van der Waals surface area contributed by atoms with Crippen molar-refractivity contribution in [2.45, 2.75) is 26.4 Å². The first-order valence-electron chi connectivity index (χ1n) is 9.52. The molecule has 0 aliphatic carbocycles. The highest BCUT2D eigenvalue weighted by Crippen LogP contribution is 2.14. The zero-order valence-electron chi connectivity index (χ0n) is 16.4. The number of carbonyl (C=O) groups excluding carboxylic acids is 1. The molecule has 0 radical (unpaired) electrons. The van der Waals surface area contributed by atoms with E-state index in [0.29, 0.717) is 17.6 Å². The number of aryl methyl sites for hydroxylation is 2. The third-order valence-corrected chi connectivity index (χ3v) is 4.82. The van der Waals surface area contributed by atoms with Gasteiger partial charge in [0.1, 0.15) is 11.2 Å². The van der Waals surface area contributed by atoms with Gasteiger partial charge >= 0.3 is 0 Å². The summed E-state index contributed by atoms with van der Waals surface area (Å²) in [6.45, 7) is 2.50. The Balaban J connectivity index is 1.44. The first kappa shape index (κ1) is 19.5. The van der Waals surface area contributed by atoms with Crippen molar-refractivity contribution in [2.75, 3.05) is 0 Å². The zero-order chi connectivity index (χ0) is 21.1. The largest absolute Gasteiger partial charge is 0.352 e. The highest BCUT2D eigenvalue weighted by atomic mass is 19.1. The maximum Gasteiger partial charge on any atom is 0.264 e. The van der Waals surface area contributed by atoms with E-state index >= 15 is 0 Å². The molecular weight excluding hydrogens is 385 g/mol. The molecule has 7 nitrogen and oxygen atoms in total. The molecule has 0 aliphatic heterocycles. The number of rotatable bonds is 6. The van der Waals surface area contributed by atoms with Crippen LogP contribution < -0.4 is 10.9 Å². The number of aromatic nitrogens is 4. The second-order valence-electron chi connectivity index (χ2n) is 7.03. The van der Waals surface area contributed by atoms with Crippen molar-refractivity contribution < 1.29 is 9.18 Å². The predicted molar refractivity (Wildman–Crippen MR) is 111 cm³/mol. The lowest BCUT2D eigenvalue weighted by Gasteiger charge is -2.08. The molecule has 8 heteroatoms. The molecule has 0 aliphatic rings. The predicted octanol–water partition coefficient (Wildman–Crippen LogP) is 2.74. The van der Waals surface area contributed by atoms with Gasteiger partial charge in [0.25, 0.3) is 5.56 Å². The smallest absolute Gasteiger partial charge is 0.264 e. The average molecular weight is 405 g/mol. The monoisotopic (exact) mass is 405 g/mol. The van der Waals surface area contributed by atoms with Gasteiger partial charge in [-0.1, -0.05) is 29.8 Å². The Kier molecular flexibility index (Phi) is 5.38. The summed E-state index contributed by atoms with van der Waals surface area (Å²) in [4.78, 5) is 29.2. The Morgan fingerprint density at radius 1 is 1.10 bits per heavy atom. The molecule has 0 spiro atoms. The summed E-state index contributed by atoms with van der Waals surface area (Å²) in [7, 11) is 0. The summed E-state index contributed by atoms with van der Waals surface area (Å²) in [5.41, 5.74) is 2.97. The van der Waals surface area contributed by atoms with Gasteiger partial charge in [0, 0.05) is 19.5 Å². The van der Waals surface area contributed by atoms with Crippen LogP contribution in [0.25, 0.3) is 16.7 Å². The normalized spacial score (nSPS) is 11.0. The minimum absolute atomic E-state index is 0.125. The summed E-state index contributed by atoms with van der Waals surface area (Å²) in [6.07, 6.45) is 3.06. The summed E-state index contributed by atoms with van der Waals surface area (Å²) in [5.74, 6) is -0.528. The number of nitrogens with one attached hydrogen (secondary N) is 1. The van der Waals surface area contributed by atoms with E-state index in [2.05, 4.69) is 15.4 Å². The van der Waals surface area contributed by atoms with E-state index in [0.717, 1.165) is 16.8 Å². The number of halogens is 1. The van der Waals surface area contributed by atoms with Crippen molar-refractivity contribution in [2.24, 2.45) is 0 Å². The van der Waals surface area contributed by atoms with Gasteiger partial charge in [0.2, 0.25) is 5.91 Å². The van der Waals surface area contributed by atoms with Crippen molar-refractivity contribution in [3.05, 3.63) is 88.4 Å². The zero-order valence-corrected chi connectivity index (χ0v) is 16.4. The molecule has 0 fully saturated rings. The Bertz CT molecular complexity index is 1240. The third kappa shape index (κ3) is 4.12. The van der Waals surface area contributed by atoms with Crippen molar-refractivity contribution >= 4 is 16.9 Å². The van der Waals surface area contributed by atoms with Crippen molar-refractivity contribution in [1.82, 2.24) is 24.6 Å². The van der Waals surface area contributed by atoms with Gasteiger partial charge in [0.15, 0.2) is 5.65 Å². The highest BCUT2D eigenvalue weighted by molar-refractivity contribution is 5.76. The maximum atomic E-state index is 12.9. The molecule has 0 atom stereocenters. The van der Waals surface area contributed by atoms with E-state index in [1.807, 2.05) is 31.2 Å². The molecular formula is C22H20FN5O2.